The molecule has 5 heterocycles. The topological polar surface area (TPSA) is 67.7 Å². The second-order valence-corrected chi connectivity index (χ2v) is 12.4. The smallest absolute Gasteiger partial charge is 0.215 e. The van der Waals surface area contributed by atoms with Gasteiger partial charge in [0.25, 0.3) is 0 Å². The molecule has 4 aliphatic rings. The van der Waals surface area contributed by atoms with Gasteiger partial charge in [0, 0.05) is 73.6 Å². The Labute approximate surface area is 245 Å². The molecule has 7 rings (SSSR count). The van der Waals surface area contributed by atoms with Crippen LogP contribution < -0.4 is 19.9 Å². The van der Waals surface area contributed by atoms with E-state index in [0.717, 1.165) is 84.9 Å². The lowest BCUT2D eigenvalue weighted by Gasteiger charge is -2.38. The fourth-order valence-electron chi connectivity index (χ4n) is 7.54. The third kappa shape index (κ3) is 4.98. The molecule has 0 spiro atoms. The lowest BCUT2D eigenvalue weighted by Crippen LogP contribution is -2.51. The van der Waals surface area contributed by atoms with E-state index in [1.165, 1.54) is 5.56 Å². The largest absolute Gasteiger partial charge is 0.476 e. The van der Waals surface area contributed by atoms with Gasteiger partial charge >= 0.3 is 0 Å². The van der Waals surface area contributed by atoms with Crippen LogP contribution in [0.1, 0.15) is 36.9 Å². The Kier molecular flexibility index (Phi) is 7.14. The number of benzene rings is 2. The number of pyridine rings is 1. The van der Waals surface area contributed by atoms with E-state index in [1.807, 2.05) is 12.1 Å². The van der Waals surface area contributed by atoms with Crippen LogP contribution >= 0.6 is 11.6 Å². The van der Waals surface area contributed by atoms with Crippen LogP contribution in [0.15, 0.2) is 42.5 Å². The Morgan fingerprint density at radius 1 is 1.12 bits per heavy atom. The number of rotatable bonds is 6. The molecule has 3 aromatic rings. The van der Waals surface area contributed by atoms with Crippen molar-refractivity contribution in [1.82, 2.24) is 15.2 Å². The zero-order valence-electron chi connectivity index (χ0n) is 23.3. The number of halogens is 2. The van der Waals surface area contributed by atoms with Gasteiger partial charge in [0.05, 0.1) is 35.3 Å². The zero-order chi connectivity index (χ0) is 28.0. The van der Waals surface area contributed by atoms with Gasteiger partial charge in [-0.3, -0.25) is 4.90 Å². The van der Waals surface area contributed by atoms with Crippen LogP contribution in [-0.4, -0.2) is 73.5 Å². The normalized spacial score (nSPS) is 26.2. The maximum atomic E-state index is 14.4. The molecule has 0 unspecified atom stereocenters. The second-order valence-electron chi connectivity index (χ2n) is 12.0. The molecule has 3 fully saturated rings. The number of hydrogen-bond donors (Lipinski definition) is 1. The van der Waals surface area contributed by atoms with Crippen molar-refractivity contribution < 1.29 is 9.13 Å². The summed E-state index contributed by atoms with van der Waals surface area (Å²) in [5.41, 5.74) is 4.31. The maximum absolute atomic E-state index is 14.4. The van der Waals surface area contributed by atoms with Crippen molar-refractivity contribution in [1.29, 1.82) is 5.26 Å². The summed E-state index contributed by atoms with van der Waals surface area (Å²) >= 11 is 6.70. The zero-order valence-corrected chi connectivity index (χ0v) is 24.0. The number of alkyl halides is 1. The number of ether oxygens (including phenoxy) is 1. The first-order chi connectivity index (χ1) is 20.0. The molecular formula is C32H36ClFN6O. The van der Waals surface area contributed by atoms with Crippen molar-refractivity contribution >= 4 is 33.7 Å². The van der Waals surface area contributed by atoms with Gasteiger partial charge in [0.2, 0.25) is 5.88 Å². The summed E-state index contributed by atoms with van der Waals surface area (Å²) in [5.74, 6) is 0.607. The predicted molar refractivity (Wildman–Crippen MR) is 161 cm³/mol. The highest BCUT2D eigenvalue weighted by atomic mass is 35.5. The molecule has 2 aromatic carbocycles. The highest BCUT2D eigenvalue weighted by Gasteiger charge is 2.49. The summed E-state index contributed by atoms with van der Waals surface area (Å²) in [4.78, 5) is 12.1. The standard InChI is InChI=1S/C32H36ClFN6O/c33-26-6-1-4-22-5-2-7-28(31(22)26)38-14-9-25-27(20-38)37-30(16-29(25)39-15-12-36-24(19-39)8-11-35)41-21-32-10-3-13-40(32)18-23(34)17-32/h1-2,4-7,16,23-24,36H,3,8-10,12-15,17-21H2/t23-,24+,32+/m1/s1. The fraction of sp³-hybridized carbons (Fsp3) is 0.500. The number of piperazine rings is 1. The van der Waals surface area contributed by atoms with Gasteiger partial charge in [0.15, 0.2) is 0 Å². The fourth-order valence-corrected chi connectivity index (χ4v) is 7.82. The number of fused-ring (bicyclic) bond motifs is 3. The van der Waals surface area contributed by atoms with Gasteiger partial charge in [-0.25, -0.2) is 9.37 Å². The summed E-state index contributed by atoms with van der Waals surface area (Å²) in [5, 5.41) is 15.8. The van der Waals surface area contributed by atoms with E-state index in [2.05, 4.69) is 56.4 Å². The summed E-state index contributed by atoms with van der Waals surface area (Å²) in [6.07, 6.45) is 3.13. The number of nitrogens with zero attached hydrogens (tertiary/aromatic N) is 5. The number of nitriles is 1. The van der Waals surface area contributed by atoms with Crippen molar-refractivity contribution in [2.75, 3.05) is 55.7 Å². The predicted octanol–water partition coefficient (Wildman–Crippen LogP) is 5.10. The number of nitrogens with one attached hydrogen (secondary N) is 1. The number of hydrogen-bond acceptors (Lipinski definition) is 7. The minimum absolute atomic E-state index is 0.130. The Balaban J connectivity index is 1.23. The molecule has 41 heavy (non-hydrogen) atoms. The van der Waals surface area contributed by atoms with Gasteiger partial charge in [-0.1, -0.05) is 35.9 Å². The molecule has 1 N–H and O–H groups in total. The van der Waals surface area contributed by atoms with Crippen LogP contribution in [0.25, 0.3) is 10.8 Å². The molecule has 3 atom stereocenters. The van der Waals surface area contributed by atoms with Crippen molar-refractivity contribution in [2.45, 2.75) is 56.4 Å². The average Bonchev–Trinajstić information content (AvgIpc) is 3.51. The van der Waals surface area contributed by atoms with E-state index < -0.39 is 6.17 Å². The Morgan fingerprint density at radius 3 is 2.88 bits per heavy atom. The minimum Gasteiger partial charge on any atom is -0.476 e. The highest BCUT2D eigenvalue weighted by molar-refractivity contribution is 6.36. The summed E-state index contributed by atoms with van der Waals surface area (Å²) in [6, 6.07) is 16.9. The molecule has 0 aliphatic carbocycles. The molecule has 1 aromatic heterocycles. The minimum atomic E-state index is -0.787. The van der Waals surface area contributed by atoms with E-state index in [1.54, 1.807) is 0 Å². The Bertz CT molecular complexity index is 1490. The molecule has 214 valence electrons. The monoisotopic (exact) mass is 574 g/mol. The third-order valence-electron chi connectivity index (χ3n) is 9.49. The average molecular weight is 575 g/mol. The van der Waals surface area contributed by atoms with Gasteiger partial charge < -0.3 is 19.9 Å². The Hall–Kier alpha value is -3.12. The van der Waals surface area contributed by atoms with Gasteiger partial charge in [-0.2, -0.15) is 5.26 Å². The van der Waals surface area contributed by atoms with Crippen LogP contribution in [0.2, 0.25) is 5.02 Å². The first-order valence-electron chi connectivity index (χ1n) is 14.9. The van der Waals surface area contributed by atoms with E-state index >= 15 is 0 Å². The van der Waals surface area contributed by atoms with E-state index in [0.29, 0.717) is 38.4 Å². The van der Waals surface area contributed by atoms with Crippen molar-refractivity contribution in [2.24, 2.45) is 0 Å². The van der Waals surface area contributed by atoms with Crippen LogP contribution in [0.3, 0.4) is 0 Å². The van der Waals surface area contributed by atoms with Gasteiger partial charge in [-0.05, 0) is 43.3 Å². The van der Waals surface area contributed by atoms with Crippen LogP contribution in [0.5, 0.6) is 5.88 Å². The first-order valence-corrected chi connectivity index (χ1v) is 15.2. The maximum Gasteiger partial charge on any atom is 0.215 e. The van der Waals surface area contributed by atoms with E-state index in [-0.39, 0.29) is 11.6 Å². The summed E-state index contributed by atoms with van der Waals surface area (Å²) in [7, 11) is 0. The molecule has 7 nitrogen and oxygen atoms in total. The molecule has 0 bridgehead atoms. The van der Waals surface area contributed by atoms with E-state index in [4.69, 9.17) is 21.3 Å². The lowest BCUT2D eigenvalue weighted by atomic mass is 9.95. The van der Waals surface area contributed by atoms with Gasteiger partial charge in [0.1, 0.15) is 12.8 Å². The number of anilines is 2. The van der Waals surface area contributed by atoms with Crippen molar-refractivity contribution in [3.63, 3.8) is 0 Å². The lowest BCUT2D eigenvalue weighted by molar-refractivity contribution is 0.110. The molecular weight excluding hydrogens is 539 g/mol. The summed E-state index contributed by atoms with van der Waals surface area (Å²) < 4.78 is 20.9. The summed E-state index contributed by atoms with van der Waals surface area (Å²) in [6.45, 7) is 5.88. The van der Waals surface area contributed by atoms with E-state index in [9.17, 15) is 9.65 Å². The Morgan fingerprint density at radius 2 is 2.00 bits per heavy atom. The second kappa shape index (κ2) is 10.9. The third-order valence-corrected chi connectivity index (χ3v) is 9.81. The molecule has 3 saturated heterocycles. The molecule has 0 radical (unpaired) electrons. The molecule has 0 saturated carbocycles. The quantitative estimate of drug-likeness (QED) is 0.439. The van der Waals surface area contributed by atoms with Crippen LogP contribution in [-0.2, 0) is 13.0 Å². The van der Waals surface area contributed by atoms with Crippen molar-refractivity contribution in [3.05, 3.63) is 58.7 Å². The molecule has 0 amide bonds. The first kappa shape index (κ1) is 26.8. The molecule has 9 heteroatoms. The highest BCUT2D eigenvalue weighted by Crippen LogP contribution is 2.42. The number of aromatic nitrogens is 1. The SMILES string of the molecule is N#CC[C@H]1CN(c2cc(OC[C@@]34CCCN3C[C@H](F)C4)nc3c2CCN(c2cccc4cccc(Cl)c24)C3)CCN1. The van der Waals surface area contributed by atoms with Crippen molar-refractivity contribution in [3.8, 4) is 11.9 Å². The van der Waals surface area contributed by atoms with Crippen LogP contribution in [0, 0.1) is 11.3 Å². The molecule has 4 aliphatic heterocycles. The van der Waals surface area contributed by atoms with Gasteiger partial charge in [-0.15, -0.1) is 0 Å². The van der Waals surface area contributed by atoms with Crippen LogP contribution in [0.4, 0.5) is 15.8 Å².